The zero-order valence-corrected chi connectivity index (χ0v) is 11.2. The smallest absolute Gasteiger partial charge is 0.223 e. The number of rotatable bonds is 7. The van der Waals surface area contributed by atoms with Gasteiger partial charge in [-0.25, -0.2) is 0 Å². The predicted molar refractivity (Wildman–Crippen MR) is 73.2 cm³/mol. The lowest BCUT2D eigenvalue weighted by atomic mass is 10.0. The summed E-state index contributed by atoms with van der Waals surface area (Å²) in [4.78, 5) is 11.9. The molecule has 0 aliphatic carbocycles. The largest absolute Gasteiger partial charge is 0.394 e. The molecule has 1 aromatic rings. The Morgan fingerprint density at radius 1 is 1.22 bits per heavy atom. The van der Waals surface area contributed by atoms with E-state index in [1.807, 2.05) is 44.2 Å². The molecule has 1 rings (SSSR count). The van der Waals surface area contributed by atoms with E-state index >= 15 is 0 Å². The van der Waals surface area contributed by atoms with Crippen LogP contribution >= 0.6 is 0 Å². The Morgan fingerprint density at radius 3 is 2.33 bits per heavy atom. The van der Waals surface area contributed by atoms with Gasteiger partial charge in [0.1, 0.15) is 0 Å². The SMILES string of the molecule is CCC(CC)C(=O)N[C@H](CO)Cc1ccccc1. The first-order valence-corrected chi connectivity index (χ1v) is 6.66. The first-order valence-electron chi connectivity index (χ1n) is 6.66. The lowest BCUT2D eigenvalue weighted by Gasteiger charge is -2.20. The van der Waals surface area contributed by atoms with Gasteiger partial charge in [-0.05, 0) is 24.8 Å². The van der Waals surface area contributed by atoms with Crippen molar-refractivity contribution in [3.63, 3.8) is 0 Å². The van der Waals surface area contributed by atoms with Crippen molar-refractivity contribution in [2.24, 2.45) is 5.92 Å². The normalized spacial score (nSPS) is 12.4. The van der Waals surface area contributed by atoms with Crippen molar-refractivity contribution in [2.45, 2.75) is 39.2 Å². The van der Waals surface area contributed by atoms with Gasteiger partial charge in [-0.3, -0.25) is 4.79 Å². The topological polar surface area (TPSA) is 49.3 Å². The lowest BCUT2D eigenvalue weighted by Crippen LogP contribution is -2.42. The van der Waals surface area contributed by atoms with E-state index in [0.717, 1.165) is 18.4 Å². The molecule has 0 aliphatic rings. The van der Waals surface area contributed by atoms with Crippen LogP contribution in [0.4, 0.5) is 0 Å². The van der Waals surface area contributed by atoms with Crippen LogP contribution in [-0.2, 0) is 11.2 Å². The van der Waals surface area contributed by atoms with E-state index < -0.39 is 0 Å². The highest BCUT2D eigenvalue weighted by molar-refractivity contribution is 5.78. The Balaban J connectivity index is 2.54. The van der Waals surface area contributed by atoms with Gasteiger partial charge in [0.05, 0.1) is 12.6 Å². The van der Waals surface area contributed by atoms with Gasteiger partial charge in [0, 0.05) is 5.92 Å². The van der Waals surface area contributed by atoms with E-state index in [2.05, 4.69) is 5.32 Å². The van der Waals surface area contributed by atoms with Crippen LogP contribution in [0.1, 0.15) is 32.3 Å². The number of carbonyl (C=O) groups is 1. The van der Waals surface area contributed by atoms with Gasteiger partial charge in [0.15, 0.2) is 0 Å². The van der Waals surface area contributed by atoms with E-state index in [1.165, 1.54) is 0 Å². The van der Waals surface area contributed by atoms with Crippen molar-refractivity contribution in [3.8, 4) is 0 Å². The van der Waals surface area contributed by atoms with Crippen LogP contribution in [0.2, 0.25) is 0 Å². The molecule has 0 spiro atoms. The highest BCUT2D eigenvalue weighted by Crippen LogP contribution is 2.09. The molecular weight excluding hydrogens is 226 g/mol. The summed E-state index contributed by atoms with van der Waals surface area (Å²) in [6.07, 6.45) is 2.35. The highest BCUT2D eigenvalue weighted by Gasteiger charge is 2.18. The summed E-state index contributed by atoms with van der Waals surface area (Å²) >= 11 is 0. The van der Waals surface area contributed by atoms with Crippen molar-refractivity contribution < 1.29 is 9.90 Å². The number of hydrogen-bond acceptors (Lipinski definition) is 2. The van der Waals surface area contributed by atoms with Gasteiger partial charge < -0.3 is 10.4 Å². The zero-order valence-electron chi connectivity index (χ0n) is 11.2. The van der Waals surface area contributed by atoms with E-state index in [9.17, 15) is 9.90 Å². The Kier molecular flexibility index (Phi) is 6.44. The van der Waals surface area contributed by atoms with Crippen molar-refractivity contribution in [1.29, 1.82) is 0 Å². The fourth-order valence-electron chi connectivity index (χ4n) is 2.04. The maximum atomic E-state index is 11.9. The molecule has 0 saturated heterocycles. The summed E-state index contributed by atoms with van der Waals surface area (Å²) in [7, 11) is 0. The third kappa shape index (κ3) is 4.49. The summed E-state index contributed by atoms with van der Waals surface area (Å²) in [5.41, 5.74) is 1.13. The van der Waals surface area contributed by atoms with Gasteiger partial charge in [-0.2, -0.15) is 0 Å². The molecule has 0 aromatic heterocycles. The van der Waals surface area contributed by atoms with Crippen molar-refractivity contribution >= 4 is 5.91 Å². The van der Waals surface area contributed by atoms with Crippen LogP contribution in [0.25, 0.3) is 0 Å². The molecule has 0 aliphatic heterocycles. The van der Waals surface area contributed by atoms with Crippen LogP contribution in [-0.4, -0.2) is 23.7 Å². The minimum atomic E-state index is -0.194. The molecule has 0 heterocycles. The van der Waals surface area contributed by atoms with Gasteiger partial charge in [0.25, 0.3) is 0 Å². The molecule has 0 saturated carbocycles. The number of amides is 1. The highest BCUT2D eigenvalue weighted by atomic mass is 16.3. The Morgan fingerprint density at radius 2 is 1.83 bits per heavy atom. The minimum Gasteiger partial charge on any atom is -0.394 e. The molecule has 0 fully saturated rings. The second-order valence-corrected chi connectivity index (χ2v) is 4.59. The lowest BCUT2D eigenvalue weighted by molar-refractivity contribution is -0.126. The molecule has 1 atom stereocenters. The number of hydrogen-bond donors (Lipinski definition) is 2. The monoisotopic (exact) mass is 249 g/mol. The minimum absolute atomic E-state index is 0.0270. The summed E-state index contributed by atoms with van der Waals surface area (Å²) in [5.74, 6) is 0.102. The average molecular weight is 249 g/mol. The van der Waals surface area contributed by atoms with E-state index in [1.54, 1.807) is 0 Å². The molecular formula is C15H23NO2. The van der Waals surface area contributed by atoms with E-state index in [4.69, 9.17) is 0 Å². The quantitative estimate of drug-likeness (QED) is 0.778. The van der Waals surface area contributed by atoms with Gasteiger partial charge in [0.2, 0.25) is 5.91 Å². The zero-order chi connectivity index (χ0) is 13.4. The molecule has 0 bridgehead atoms. The molecule has 0 unspecified atom stereocenters. The van der Waals surface area contributed by atoms with Crippen LogP contribution in [0, 0.1) is 5.92 Å². The Hall–Kier alpha value is -1.35. The molecule has 18 heavy (non-hydrogen) atoms. The van der Waals surface area contributed by atoms with E-state index in [-0.39, 0.29) is 24.5 Å². The maximum Gasteiger partial charge on any atom is 0.223 e. The average Bonchev–Trinajstić information content (AvgIpc) is 2.40. The number of benzene rings is 1. The van der Waals surface area contributed by atoms with Crippen LogP contribution < -0.4 is 5.32 Å². The van der Waals surface area contributed by atoms with Gasteiger partial charge >= 0.3 is 0 Å². The predicted octanol–water partition coefficient (Wildman–Crippen LogP) is 2.14. The fraction of sp³-hybridized carbons (Fsp3) is 0.533. The van der Waals surface area contributed by atoms with Gasteiger partial charge in [-0.15, -0.1) is 0 Å². The third-order valence-electron chi connectivity index (χ3n) is 3.25. The first kappa shape index (κ1) is 14.7. The van der Waals surface area contributed by atoms with Crippen molar-refractivity contribution in [2.75, 3.05) is 6.61 Å². The molecule has 0 radical (unpaired) electrons. The van der Waals surface area contributed by atoms with Crippen LogP contribution in [0.15, 0.2) is 30.3 Å². The third-order valence-corrected chi connectivity index (χ3v) is 3.25. The molecule has 3 nitrogen and oxygen atoms in total. The summed E-state index contributed by atoms with van der Waals surface area (Å²) < 4.78 is 0. The Labute approximate surface area is 109 Å². The van der Waals surface area contributed by atoms with Crippen molar-refractivity contribution in [1.82, 2.24) is 5.32 Å². The number of aliphatic hydroxyl groups excluding tert-OH is 1. The molecule has 100 valence electrons. The number of carbonyl (C=O) groups excluding carboxylic acids is 1. The van der Waals surface area contributed by atoms with E-state index in [0.29, 0.717) is 6.42 Å². The summed E-state index contributed by atoms with van der Waals surface area (Å²) in [6, 6.07) is 9.71. The molecule has 3 heteroatoms. The Bertz CT molecular complexity index is 347. The van der Waals surface area contributed by atoms with Crippen LogP contribution in [0.5, 0.6) is 0 Å². The second-order valence-electron chi connectivity index (χ2n) is 4.59. The molecule has 1 aromatic carbocycles. The number of nitrogens with one attached hydrogen (secondary N) is 1. The molecule has 2 N–H and O–H groups in total. The maximum absolute atomic E-state index is 11.9. The second kappa shape index (κ2) is 7.88. The standard InChI is InChI=1S/C15H23NO2/c1-3-13(4-2)15(18)16-14(11-17)10-12-8-6-5-7-9-12/h5-9,13-14,17H,3-4,10-11H2,1-2H3,(H,16,18)/t14-/m0/s1. The first-order chi connectivity index (χ1) is 8.71. The van der Waals surface area contributed by atoms with Crippen LogP contribution in [0.3, 0.4) is 0 Å². The fourth-order valence-corrected chi connectivity index (χ4v) is 2.04. The van der Waals surface area contributed by atoms with Gasteiger partial charge in [-0.1, -0.05) is 44.2 Å². The summed E-state index contributed by atoms with van der Waals surface area (Å²) in [6.45, 7) is 4.00. The van der Waals surface area contributed by atoms with Crippen molar-refractivity contribution in [3.05, 3.63) is 35.9 Å². The summed E-state index contributed by atoms with van der Waals surface area (Å²) in [5, 5.41) is 12.3. The molecule has 1 amide bonds. The number of aliphatic hydroxyl groups is 1.